The van der Waals surface area contributed by atoms with Crippen molar-refractivity contribution in [2.24, 2.45) is 17.3 Å². The van der Waals surface area contributed by atoms with Gasteiger partial charge < -0.3 is 15.2 Å². The highest BCUT2D eigenvalue weighted by atomic mass is 16.5. The number of aliphatic carboxylic acids is 1. The van der Waals surface area contributed by atoms with Crippen LogP contribution in [0, 0.1) is 17.3 Å². The predicted octanol–water partition coefficient (Wildman–Crippen LogP) is 1.42. The lowest BCUT2D eigenvalue weighted by atomic mass is 9.55. The standard InChI is InChI=1S/C14H23NO4/c1-13(2)10(7-14(13,3)19-4)15-11(16)8-5-6-9(8)12(17)18/h8-10H,5-7H2,1-4H3,(H,15,16)(H,17,18). The molecule has 0 bridgehead atoms. The lowest BCUT2D eigenvalue weighted by Gasteiger charge is -2.59. The van der Waals surface area contributed by atoms with Crippen molar-refractivity contribution in [1.29, 1.82) is 0 Å². The average Bonchev–Trinajstić information content (AvgIpc) is 2.25. The third kappa shape index (κ3) is 2.04. The summed E-state index contributed by atoms with van der Waals surface area (Å²) in [6.45, 7) is 6.18. The van der Waals surface area contributed by atoms with Gasteiger partial charge in [-0.3, -0.25) is 9.59 Å². The predicted molar refractivity (Wildman–Crippen MR) is 69.6 cm³/mol. The van der Waals surface area contributed by atoms with E-state index in [0.29, 0.717) is 12.8 Å². The molecule has 2 aliphatic carbocycles. The molecule has 5 heteroatoms. The zero-order chi connectivity index (χ0) is 14.4. The first-order valence-corrected chi connectivity index (χ1v) is 6.81. The molecule has 4 atom stereocenters. The van der Waals surface area contributed by atoms with E-state index < -0.39 is 11.9 Å². The molecular formula is C14H23NO4. The number of hydrogen-bond donors (Lipinski definition) is 2. The summed E-state index contributed by atoms with van der Waals surface area (Å²) in [7, 11) is 1.69. The molecule has 1 amide bonds. The first kappa shape index (κ1) is 14.3. The molecule has 2 fully saturated rings. The molecule has 19 heavy (non-hydrogen) atoms. The van der Waals surface area contributed by atoms with Gasteiger partial charge in [0.1, 0.15) is 0 Å². The maximum atomic E-state index is 12.1. The summed E-state index contributed by atoms with van der Waals surface area (Å²) < 4.78 is 5.52. The highest BCUT2D eigenvalue weighted by molar-refractivity contribution is 5.86. The van der Waals surface area contributed by atoms with E-state index in [1.54, 1.807) is 7.11 Å². The highest BCUT2D eigenvalue weighted by Gasteiger charge is 2.58. The monoisotopic (exact) mass is 269 g/mol. The zero-order valence-corrected chi connectivity index (χ0v) is 12.0. The van der Waals surface area contributed by atoms with Gasteiger partial charge in [-0.1, -0.05) is 13.8 Å². The normalized spacial score (nSPS) is 39.9. The molecule has 4 unspecified atom stereocenters. The van der Waals surface area contributed by atoms with Crippen LogP contribution in [0.3, 0.4) is 0 Å². The molecule has 0 aromatic heterocycles. The Morgan fingerprint density at radius 2 is 1.79 bits per heavy atom. The Balaban J connectivity index is 1.93. The Morgan fingerprint density at radius 1 is 1.21 bits per heavy atom. The first-order valence-electron chi connectivity index (χ1n) is 6.81. The first-order chi connectivity index (χ1) is 8.73. The van der Waals surface area contributed by atoms with E-state index in [-0.39, 0.29) is 28.9 Å². The van der Waals surface area contributed by atoms with Gasteiger partial charge in [0.2, 0.25) is 5.91 Å². The Morgan fingerprint density at radius 3 is 2.16 bits per heavy atom. The van der Waals surface area contributed by atoms with Crippen LogP contribution in [-0.4, -0.2) is 35.7 Å². The number of nitrogens with one attached hydrogen (secondary N) is 1. The van der Waals surface area contributed by atoms with Crippen LogP contribution in [0.4, 0.5) is 0 Å². The van der Waals surface area contributed by atoms with Crippen LogP contribution in [0.25, 0.3) is 0 Å². The number of carbonyl (C=O) groups excluding carboxylic acids is 1. The minimum Gasteiger partial charge on any atom is -0.481 e. The summed E-state index contributed by atoms with van der Waals surface area (Å²) in [4.78, 5) is 23.1. The fourth-order valence-corrected chi connectivity index (χ4v) is 3.11. The van der Waals surface area contributed by atoms with Crippen molar-refractivity contribution < 1.29 is 19.4 Å². The SMILES string of the molecule is COC1(C)CC(NC(=O)C2CCC2C(=O)O)C1(C)C. The van der Waals surface area contributed by atoms with Crippen LogP contribution in [-0.2, 0) is 14.3 Å². The maximum Gasteiger partial charge on any atom is 0.307 e. The fourth-order valence-electron chi connectivity index (χ4n) is 3.11. The number of methoxy groups -OCH3 is 1. The van der Waals surface area contributed by atoms with Crippen LogP contribution in [0.15, 0.2) is 0 Å². The number of carboxylic acid groups (broad SMARTS) is 1. The number of carbonyl (C=O) groups is 2. The van der Waals surface area contributed by atoms with E-state index in [2.05, 4.69) is 19.2 Å². The van der Waals surface area contributed by atoms with Crippen molar-refractivity contribution in [3.8, 4) is 0 Å². The van der Waals surface area contributed by atoms with Crippen LogP contribution in [0.2, 0.25) is 0 Å². The molecule has 0 heterocycles. The molecular weight excluding hydrogens is 246 g/mol. The van der Waals surface area contributed by atoms with Crippen molar-refractivity contribution in [1.82, 2.24) is 5.32 Å². The van der Waals surface area contributed by atoms with Gasteiger partial charge in [-0.25, -0.2) is 0 Å². The van der Waals surface area contributed by atoms with Crippen LogP contribution in [0.1, 0.15) is 40.0 Å². The van der Waals surface area contributed by atoms with Crippen molar-refractivity contribution in [3.05, 3.63) is 0 Å². The van der Waals surface area contributed by atoms with E-state index >= 15 is 0 Å². The van der Waals surface area contributed by atoms with Gasteiger partial charge >= 0.3 is 5.97 Å². The molecule has 0 aromatic rings. The van der Waals surface area contributed by atoms with Gasteiger partial charge in [-0.05, 0) is 26.2 Å². The second-order valence-electron chi connectivity index (χ2n) is 6.55. The zero-order valence-electron chi connectivity index (χ0n) is 12.0. The number of hydrogen-bond acceptors (Lipinski definition) is 3. The number of amides is 1. The number of carboxylic acids is 1. The lowest BCUT2D eigenvalue weighted by molar-refractivity contribution is -0.185. The maximum absolute atomic E-state index is 12.1. The Labute approximate surface area is 113 Å². The van der Waals surface area contributed by atoms with E-state index in [9.17, 15) is 9.59 Å². The molecule has 2 N–H and O–H groups in total. The molecule has 2 rings (SSSR count). The van der Waals surface area contributed by atoms with Crippen molar-refractivity contribution >= 4 is 11.9 Å². The summed E-state index contributed by atoms with van der Waals surface area (Å²) in [5.74, 6) is -1.84. The van der Waals surface area contributed by atoms with Crippen molar-refractivity contribution in [3.63, 3.8) is 0 Å². The molecule has 2 saturated carbocycles. The number of ether oxygens (including phenoxy) is 1. The molecule has 0 aromatic carbocycles. The van der Waals surface area contributed by atoms with E-state index in [1.807, 2.05) is 6.92 Å². The van der Waals surface area contributed by atoms with Gasteiger partial charge in [0.05, 0.1) is 17.4 Å². The highest BCUT2D eigenvalue weighted by Crippen LogP contribution is 2.51. The summed E-state index contributed by atoms with van der Waals surface area (Å²) in [5.41, 5.74) is -0.364. The molecule has 0 spiro atoms. The Kier molecular flexibility index (Phi) is 3.37. The summed E-state index contributed by atoms with van der Waals surface area (Å²) in [6.07, 6.45) is 2.06. The van der Waals surface area contributed by atoms with Gasteiger partial charge in [0, 0.05) is 18.6 Å². The Bertz CT molecular complexity index is 406. The van der Waals surface area contributed by atoms with Crippen LogP contribution >= 0.6 is 0 Å². The second-order valence-corrected chi connectivity index (χ2v) is 6.55. The van der Waals surface area contributed by atoms with E-state index in [1.165, 1.54) is 0 Å². The van der Waals surface area contributed by atoms with Gasteiger partial charge in [0.25, 0.3) is 0 Å². The average molecular weight is 269 g/mol. The van der Waals surface area contributed by atoms with Crippen molar-refractivity contribution in [2.75, 3.05) is 7.11 Å². The fraction of sp³-hybridized carbons (Fsp3) is 0.857. The van der Waals surface area contributed by atoms with Crippen molar-refractivity contribution in [2.45, 2.75) is 51.7 Å². The molecule has 2 aliphatic rings. The smallest absolute Gasteiger partial charge is 0.307 e. The van der Waals surface area contributed by atoms with Gasteiger partial charge in [0.15, 0.2) is 0 Å². The van der Waals surface area contributed by atoms with Gasteiger partial charge in [-0.15, -0.1) is 0 Å². The second kappa shape index (κ2) is 4.47. The quantitative estimate of drug-likeness (QED) is 0.809. The molecule has 0 radical (unpaired) electrons. The van der Waals surface area contributed by atoms with Crippen LogP contribution < -0.4 is 5.32 Å². The number of rotatable bonds is 4. The molecule has 0 saturated heterocycles. The molecule has 0 aliphatic heterocycles. The summed E-state index contributed by atoms with van der Waals surface area (Å²) in [6, 6.07) is 0.0556. The van der Waals surface area contributed by atoms with E-state index in [0.717, 1.165) is 6.42 Å². The summed E-state index contributed by atoms with van der Waals surface area (Å²) in [5, 5.41) is 12.0. The molecule has 108 valence electrons. The minimum atomic E-state index is -0.860. The minimum absolute atomic E-state index is 0.0556. The van der Waals surface area contributed by atoms with Gasteiger partial charge in [-0.2, -0.15) is 0 Å². The Hall–Kier alpha value is -1.10. The van der Waals surface area contributed by atoms with Crippen LogP contribution in [0.5, 0.6) is 0 Å². The summed E-state index contributed by atoms with van der Waals surface area (Å²) >= 11 is 0. The van der Waals surface area contributed by atoms with E-state index in [4.69, 9.17) is 9.84 Å². The largest absolute Gasteiger partial charge is 0.481 e. The molecule has 5 nitrogen and oxygen atoms in total. The third-order valence-electron chi connectivity index (χ3n) is 5.52. The lowest BCUT2D eigenvalue weighted by Crippen LogP contribution is -2.69. The topological polar surface area (TPSA) is 75.6 Å². The third-order valence-corrected chi connectivity index (χ3v) is 5.52.